The van der Waals surface area contributed by atoms with Crippen molar-refractivity contribution in [2.24, 2.45) is 5.92 Å². The average Bonchev–Trinajstić information content (AvgIpc) is 3.40. The van der Waals surface area contributed by atoms with Gasteiger partial charge in [0.25, 0.3) is 0 Å². The van der Waals surface area contributed by atoms with Crippen LogP contribution >= 0.6 is 0 Å². The highest BCUT2D eigenvalue weighted by atomic mass is 28.4. The number of rotatable bonds is 12. The molecule has 60 heavy (non-hydrogen) atoms. The molecule has 0 spiro atoms. The molecule has 7 rings (SSSR count). The summed E-state index contributed by atoms with van der Waals surface area (Å²) in [4.78, 5) is 12.8. The molecule has 0 saturated carbocycles. The van der Waals surface area contributed by atoms with Gasteiger partial charge in [-0.3, -0.25) is 4.79 Å². The summed E-state index contributed by atoms with van der Waals surface area (Å²) in [7, 11) is -0.829. The maximum absolute atomic E-state index is 12.8. The summed E-state index contributed by atoms with van der Waals surface area (Å²) in [5, 5.41) is -0.0212. The van der Waals surface area contributed by atoms with Crippen molar-refractivity contribution in [1.82, 2.24) is 0 Å². The van der Waals surface area contributed by atoms with Crippen LogP contribution in [0.25, 0.3) is 0 Å². The highest BCUT2D eigenvalue weighted by Crippen LogP contribution is 2.53. The molecule has 5 fully saturated rings. The normalized spacial score (nSPS) is 39.5. The van der Waals surface area contributed by atoms with Gasteiger partial charge in [0, 0.05) is 32.3 Å². The van der Waals surface area contributed by atoms with Crippen LogP contribution in [0.3, 0.4) is 0 Å². The van der Waals surface area contributed by atoms with Crippen LogP contribution in [0.5, 0.6) is 0 Å². The van der Waals surface area contributed by atoms with Gasteiger partial charge in [-0.25, -0.2) is 0 Å². The summed E-state index contributed by atoms with van der Waals surface area (Å²) in [5.74, 6) is -0.154. The number of carbonyl (C=O) groups is 1. The number of methoxy groups -OCH3 is 1. The van der Waals surface area contributed by atoms with Gasteiger partial charge < -0.3 is 42.3 Å². The van der Waals surface area contributed by atoms with Crippen LogP contribution in [0.1, 0.15) is 118 Å². The summed E-state index contributed by atoms with van der Waals surface area (Å²) in [5.41, 5.74) is -0.183. The first-order valence-electron chi connectivity index (χ1n) is 22.6. The fraction of sp³-hybridized carbons (Fsp3) is 0.735. The molecule has 0 aromatic heterocycles. The van der Waals surface area contributed by atoms with Gasteiger partial charge >= 0.3 is 5.97 Å². The molecule has 2 aromatic rings. The number of esters is 1. The van der Waals surface area contributed by atoms with E-state index in [4.69, 9.17) is 42.3 Å². The minimum absolute atomic E-state index is 0.0212. The Labute approximate surface area is 361 Å². The maximum atomic E-state index is 12.8. The van der Waals surface area contributed by atoms with Crippen LogP contribution in [0.4, 0.5) is 0 Å². The molecule has 5 aliphatic rings. The molecule has 334 valence electrons. The zero-order chi connectivity index (χ0) is 43.1. The summed E-state index contributed by atoms with van der Waals surface area (Å²) in [6, 6.07) is 20.6. The quantitative estimate of drug-likeness (QED) is 0.117. The van der Waals surface area contributed by atoms with E-state index in [0.29, 0.717) is 45.5 Å². The molecule has 11 heteroatoms. The second kappa shape index (κ2) is 17.8. The van der Waals surface area contributed by atoms with Gasteiger partial charge in [0.15, 0.2) is 8.32 Å². The molecule has 5 heterocycles. The van der Waals surface area contributed by atoms with Crippen LogP contribution < -0.4 is 0 Å². The van der Waals surface area contributed by atoms with Gasteiger partial charge in [-0.2, -0.15) is 0 Å². The lowest BCUT2D eigenvalue weighted by Gasteiger charge is -2.59. The zero-order valence-corrected chi connectivity index (χ0v) is 39.3. The average molecular weight is 851 g/mol. The Kier molecular flexibility index (Phi) is 13.6. The first kappa shape index (κ1) is 45.8. The lowest BCUT2D eigenvalue weighted by atomic mass is 9.73. The van der Waals surface area contributed by atoms with Crippen molar-refractivity contribution in [3.05, 3.63) is 71.8 Å². The minimum Gasteiger partial charge on any atom is -0.469 e. The van der Waals surface area contributed by atoms with Crippen LogP contribution in [-0.2, 0) is 60.3 Å². The third-order valence-corrected chi connectivity index (χ3v) is 19.7. The molecule has 2 aromatic carbocycles. The van der Waals surface area contributed by atoms with Crippen LogP contribution in [0.2, 0.25) is 18.1 Å². The van der Waals surface area contributed by atoms with Crippen molar-refractivity contribution in [3.8, 4) is 0 Å². The highest BCUT2D eigenvalue weighted by Gasteiger charge is 2.62. The monoisotopic (exact) mass is 851 g/mol. The Morgan fingerprint density at radius 2 is 1.48 bits per heavy atom. The van der Waals surface area contributed by atoms with Gasteiger partial charge in [0.2, 0.25) is 0 Å². The SMILES string of the molecule is COC(=O)C[C@H]1O[C@H]2C[C@@H](C)[C@H]3O[C@H]4C[C@H]5O[C@@](C)(CCOCc6ccccc6)[C@H](OCc6ccccc6)C[C@]5(C)O[C@]4(C)CC[C@@H]3O[C@@H]2C[C@]1(C)O[Si](C)(C)C(C)(C)C. The Morgan fingerprint density at radius 3 is 2.13 bits per heavy atom. The van der Waals surface area contributed by atoms with E-state index in [1.54, 1.807) is 0 Å². The van der Waals surface area contributed by atoms with Crippen molar-refractivity contribution in [2.45, 2.75) is 209 Å². The van der Waals surface area contributed by atoms with E-state index in [0.717, 1.165) is 30.4 Å². The van der Waals surface area contributed by atoms with Crippen molar-refractivity contribution in [3.63, 3.8) is 0 Å². The molecule has 0 radical (unpaired) electrons. The molecule has 0 amide bonds. The van der Waals surface area contributed by atoms with Crippen molar-refractivity contribution >= 4 is 14.3 Å². The van der Waals surface area contributed by atoms with E-state index < -0.39 is 36.8 Å². The first-order chi connectivity index (χ1) is 28.2. The first-order valence-corrected chi connectivity index (χ1v) is 25.5. The van der Waals surface area contributed by atoms with E-state index in [1.165, 1.54) is 7.11 Å². The van der Waals surface area contributed by atoms with Crippen molar-refractivity contribution in [1.29, 1.82) is 0 Å². The van der Waals surface area contributed by atoms with Gasteiger partial charge in [-0.15, -0.1) is 0 Å². The smallest absolute Gasteiger partial charge is 0.308 e. The Balaban J connectivity index is 1.09. The van der Waals surface area contributed by atoms with Gasteiger partial charge in [0.1, 0.15) is 0 Å². The largest absolute Gasteiger partial charge is 0.469 e. The number of hydrogen-bond donors (Lipinski definition) is 0. The summed E-state index contributed by atoms with van der Waals surface area (Å²) in [6.45, 7) is 23.8. The van der Waals surface area contributed by atoms with Crippen LogP contribution in [0, 0.1) is 5.92 Å². The number of benzene rings is 2. The Bertz CT molecular complexity index is 1740. The summed E-state index contributed by atoms with van der Waals surface area (Å²) < 4.78 is 61.5. The fourth-order valence-corrected chi connectivity index (χ4v) is 12.1. The van der Waals surface area contributed by atoms with E-state index in [1.807, 2.05) is 24.3 Å². The highest BCUT2D eigenvalue weighted by molar-refractivity contribution is 6.74. The number of hydrogen-bond acceptors (Lipinski definition) is 10. The molecule has 0 aliphatic carbocycles. The number of fused-ring (bicyclic) bond motifs is 4. The van der Waals surface area contributed by atoms with Crippen molar-refractivity contribution in [2.75, 3.05) is 13.7 Å². The lowest BCUT2D eigenvalue weighted by Crippen LogP contribution is -2.69. The number of carbonyl (C=O) groups excluding carboxylic acids is 1. The van der Waals surface area contributed by atoms with Crippen LogP contribution in [-0.4, -0.2) is 99.2 Å². The van der Waals surface area contributed by atoms with Gasteiger partial charge in [-0.05, 0) is 82.1 Å². The summed E-state index contributed by atoms with van der Waals surface area (Å²) >= 11 is 0. The molecule has 10 nitrogen and oxygen atoms in total. The third kappa shape index (κ3) is 9.80. The molecular weight excluding hydrogens is 777 g/mol. The lowest BCUT2D eigenvalue weighted by molar-refractivity contribution is -0.345. The minimum atomic E-state index is -2.27. The molecule has 5 saturated heterocycles. The van der Waals surface area contributed by atoms with E-state index >= 15 is 0 Å². The predicted molar refractivity (Wildman–Crippen MR) is 233 cm³/mol. The Hall–Kier alpha value is -2.19. The second-order valence-electron chi connectivity index (χ2n) is 21.0. The zero-order valence-electron chi connectivity index (χ0n) is 38.3. The molecule has 0 bridgehead atoms. The van der Waals surface area contributed by atoms with Crippen LogP contribution in [0.15, 0.2) is 60.7 Å². The summed E-state index contributed by atoms with van der Waals surface area (Å²) in [6.07, 6.45) is 3.41. The van der Waals surface area contributed by atoms with Gasteiger partial charge in [-0.1, -0.05) is 88.4 Å². The second-order valence-corrected chi connectivity index (χ2v) is 25.8. The molecule has 5 aliphatic heterocycles. The van der Waals surface area contributed by atoms with E-state index in [9.17, 15) is 4.79 Å². The van der Waals surface area contributed by atoms with E-state index in [2.05, 4.69) is 105 Å². The molecule has 0 unspecified atom stereocenters. The molecule has 13 atom stereocenters. The molecule has 0 N–H and O–H groups in total. The van der Waals surface area contributed by atoms with Gasteiger partial charge in [0.05, 0.1) is 98.0 Å². The topological polar surface area (TPSA) is 100 Å². The Morgan fingerprint density at radius 1 is 0.817 bits per heavy atom. The fourth-order valence-electron chi connectivity index (χ4n) is 10.4. The predicted octanol–water partition coefficient (Wildman–Crippen LogP) is 9.51. The maximum Gasteiger partial charge on any atom is 0.308 e. The molecular formula is C49H74O10Si. The van der Waals surface area contributed by atoms with E-state index in [-0.39, 0.29) is 66.1 Å². The van der Waals surface area contributed by atoms with Crippen molar-refractivity contribution < 1.29 is 47.1 Å². The third-order valence-electron chi connectivity index (χ3n) is 15.1. The number of ether oxygens (including phenoxy) is 8. The standard InChI is InChI=1S/C49H74O10Si/c1-33-26-37-38(29-49(8,40(55-37)28-43(50)51-9)59-60(10,11)45(2,3)4)54-36-22-23-47(6)39(56-44(33)36)27-41-48(7,58-47)30-42(53-32-35-20-16-13-17-21-35)46(5,57-41)24-25-52-31-34-18-14-12-15-19-34/h12-21,33,36-42,44H,22-32H2,1-11H3/t33-,36+,37+,38-,39+,40-,41-,42-,44-,46+,47-,48+,49+/m1/s1.